The number of unbranched alkanes of at least 4 members (excludes halogenated alkanes) is 60. The number of hydrogen-bond donors (Lipinski definition) is 3. The summed E-state index contributed by atoms with van der Waals surface area (Å²) in [6, 6.07) is 2.52. The first-order valence-corrected chi connectivity index (χ1v) is 59.9. The number of hydrogen-bond acceptors (Lipinski definition) is 13. The molecule has 12 atom stereocenters. The summed E-state index contributed by atoms with van der Waals surface area (Å²) in [6.07, 6.45) is 75.6. The summed E-state index contributed by atoms with van der Waals surface area (Å²) in [4.78, 5) is 26.3. The Morgan fingerprint density at radius 2 is 0.477 bits per heavy atom. The van der Waals surface area contributed by atoms with Gasteiger partial charge in [-0.2, -0.15) is 0 Å². The third kappa shape index (κ3) is 46.9. The lowest BCUT2D eigenvalue weighted by molar-refractivity contribution is -0.135. The minimum Gasteiger partial charge on any atom is -0.396 e. The van der Waals surface area contributed by atoms with E-state index in [1.807, 2.05) is 13.8 Å². The Hall–Kier alpha value is 1.36. The topological polar surface area (TPSA) is 153 Å². The van der Waals surface area contributed by atoms with Gasteiger partial charge in [0.05, 0.1) is 12.2 Å². The van der Waals surface area contributed by atoms with E-state index in [1.54, 1.807) is 0 Å². The van der Waals surface area contributed by atoms with Crippen molar-refractivity contribution < 1.29 is 57.4 Å². The lowest BCUT2D eigenvalue weighted by Crippen LogP contribution is -2.66. The first-order valence-electron chi connectivity index (χ1n) is 47.4. The number of aliphatic hydroxyl groups excluding tert-OH is 1. The van der Waals surface area contributed by atoms with Gasteiger partial charge >= 0.3 is 53.3 Å². The van der Waals surface area contributed by atoms with Crippen LogP contribution >= 0.6 is 23.2 Å². The normalized spacial score (nSPS) is 26.9. The Morgan fingerprint density at radius 1 is 0.252 bits per heavy atom. The van der Waals surface area contributed by atoms with Gasteiger partial charge in [-0.05, 0) is 52.0 Å². The van der Waals surface area contributed by atoms with Crippen molar-refractivity contribution in [2.75, 3.05) is 11.8 Å². The summed E-state index contributed by atoms with van der Waals surface area (Å²) in [5.74, 6) is 0.685. The third-order valence-corrected chi connectivity index (χ3v) is 45.9. The lowest BCUT2D eigenvalue weighted by Gasteiger charge is -2.45. The number of aliphatic hydroxyl groups is 1. The van der Waals surface area contributed by atoms with Crippen LogP contribution in [0.1, 0.15) is 465 Å². The van der Waals surface area contributed by atoms with Crippen LogP contribution in [-0.2, 0) is 42.7 Å². The van der Waals surface area contributed by atoms with E-state index < -0.39 is 89.9 Å². The van der Waals surface area contributed by atoms with E-state index >= 15 is 0 Å². The zero-order valence-corrected chi connectivity index (χ0v) is 78.7. The standard InChI is InChI=1S/C86H176Cl2O13Si6/c1-7-11-15-19-23-27-31-35-39-43-47-51-55-59-63-67-75-102-97-105(79-71-73-87)94-84(81(5)92-103(90,99-105)76-68-64-60-56-52-48-44-40-36-32-28-24-20-16-12-8-2)83(89)86-85-82(6)93-104(91,77-69-65-61-57-53-49-45-41-37-33-29-25-21-17-13-9-3)100-107(95-85,80-72-74-88)101-106(96-86,98-102)78-70-66-62-58-54-50-46-42-38-34-30-26-22-18-14-10-4/h81-86,89-91,102H,7-80H2,1-6H3. The predicted octanol–water partition coefficient (Wildman–Crippen LogP) is 27.7. The van der Waals surface area contributed by atoms with Gasteiger partial charge in [-0.25, -0.2) is 0 Å². The number of halogens is 2. The van der Waals surface area contributed by atoms with E-state index in [-0.39, 0.29) is 0 Å². The fourth-order valence-corrected chi connectivity index (χ4v) is 43.3. The molecule has 13 nitrogen and oxygen atoms in total. The molecule has 0 aliphatic carbocycles. The Bertz CT molecular complexity index is 1980. The Labute approximate surface area is 679 Å². The summed E-state index contributed by atoms with van der Waals surface area (Å²) < 4.78 is 74.6. The fraction of sp³-hybridized carbons (Fsp3) is 1.00. The second-order valence-corrected chi connectivity index (χ2v) is 51.3. The van der Waals surface area contributed by atoms with Gasteiger partial charge in [0.2, 0.25) is 0 Å². The average Bonchev–Trinajstić information content (AvgIpc) is 1.60. The van der Waals surface area contributed by atoms with E-state index in [2.05, 4.69) is 27.7 Å². The van der Waals surface area contributed by atoms with Gasteiger partial charge in [0.15, 0.2) is 0 Å². The van der Waals surface area contributed by atoms with Gasteiger partial charge in [0.25, 0.3) is 0 Å². The van der Waals surface area contributed by atoms with Crippen molar-refractivity contribution in [3.63, 3.8) is 0 Å². The maximum atomic E-state index is 13.6. The highest BCUT2D eigenvalue weighted by Crippen LogP contribution is 2.46. The molecular weight excluding hydrogens is 1480 g/mol. The van der Waals surface area contributed by atoms with Gasteiger partial charge < -0.3 is 57.4 Å². The first kappa shape index (κ1) is 101. The number of alkyl halides is 2. The molecule has 6 bridgehead atoms. The molecule has 0 spiro atoms. The zero-order valence-electron chi connectivity index (χ0n) is 71.0. The van der Waals surface area contributed by atoms with Crippen molar-refractivity contribution >= 4 is 76.5 Å². The molecule has 107 heavy (non-hydrogen) atoms. The molecule has 0 saturated carbocycles. The van der Waals surface area contributed by atoms with Gasteiger partial charge in [0, 0.05) is 42.0 Å². The van der Waals surface area contributed by atoms with Crippen molar-refractivity contribution in [1.82, 2.24) is 0 Å². The van der Waals surface area contributed by atoms with Crippen LogP contribution in [0.4, 0.5) is 0 Å². The molecule has 4 saturated heterocycles. The molecular formula is C86H176Cl2O13Si6. The molecule has 4 rings (SSSR count). The molecule has 3 N–H and O–H groups in total. The highest BCUT2D eigenvalue weighted by atomic mass is 35.5. The van der Waals surface area contributed by atoms with Crippen LogP contribution < -0.4 is 0 Å². The van der Waals surface area contributed by atoms with E-state index in [0.717, 1.165) is 77.0 Å². The van der Waals surface area contributed by atoms with Gasteiger partial charge in [-0.15, -0.1) is 23.2 Å². The smallest absolute Gasteiger partial charge is 0.396 e. The highest BCUT2D eigenvalue weighted by molar-refractivity contribution is 6.84. The second kappa shape index (κ2) is 65.3. The van der Waals surface area contributed by atoms with Crippen LogP contribution in [0.15, 0.2) is 0 Å². The minimum absolute atomic E-state index is 0.335. The first-order chi connectivity index (χ1) is 52.3. The van der Waals surface area contributed by atoms with Gasteiger partial charge in [-0.3, -0.25) is 0 Å². The molecule has 0 aromatic rings. The summed E-state index contributed by atoms with van der Waals surface area (Å²) in [6.45, 7) is 13.0. The number of fused-ring (bicyclic) bond motifs is 7. The maximum absolute atomic E-state index is 13.6. The van der Waals surface area contributed by atoms with Crippen molar-refractivity contribution in [2.24, 2.45) is 0 Å². The zero-order chi connectivity index (χ0) is 76.9. The van der Waals surface area contributed by atoms with Gasteiger partial charge in [0.1, 0.15) is 24.4 Å². The summed E-state index contributed by atoms with van der Waals surface area (Å²) in [5, 5.41) is 13.6. The molecule has 636 valence electrons. The maximum Gasteiger partial charge on any atom is 0.491 e. The van der Waals surface area contributed by atoms with Crippen LogP contribution in [0.2, 0.25) is 36.3 Å². The van der Waals surface area contributed by atoms with Gasteiger partial charge in [-0.1, -0.05) is 419 Å². The molecule has 0 amide bonds. The van der Waals surface area contributed by atoms with E-state index in [0.29, 0.717) is 60.9 Å². The predicted molar refractivity (Wildman–Crippen MR) is 465 cm³/mol. The Kier molecular flexibility index (Phi) is 61.5. The van der Waals surface area contributed by atoms with Crippen LogP contribution in [0.5, 0.6) is 0 Å². The molecule has 0 aromatic carbocycles. The molecule has 4 aliphatic heterocycles. The minimum atomic E-state index is -4.09. The quantitative estimate of drug-likeness (QED) is 0.0301. The molecule has 0 aromatic heterocycles. The van der Waals surface area contributed by atoms with Crippen LogP contribution in [-0.4, -0.2) is 116 Å². The second-order valence-electron chi connectivity index (χ2n) is 34.2. The SMILES string of the molecule is CCCCCCCCCCCCCCCCCC[SiH]1O[Si]2(CCCCl)OC(C(C)O[Si](O)(CCCCCCCCCCCCCCCCCC)O2)C(O)C2O[Si](CCCCCCCCCCCCCCCCCC)(O1)O[Si]1(CCCCl)OC2C(C)O[Si](O)(CCCCCCCCCCCCCCCCCC)O1. The van der Waals surface area contributed by atoms with Crippen molar-refractivity contribution in [2.45, 2.75) is 538 Å². The summed E-state index contributed by atoms with van der Waals surface area (Å²) >= 11 is 13.4. The summed E-state index contributed by atoms with van der Waals surface area (Å²) in [7, 11) is -23.3. The molecule has 21 heteroatoms. The lowest BCUT2D eigenvalue weighted by atomic mass is 9.97. The molecule has 4 fully saturated rings. The largest absolute Gasteiger partial charge is 0.491 e. The van der Waals surface area contributed by atoms with Crippen LogP contribution in [0.3, 0.4) is 0 Å². The Balaban J connectivity index is 1.61. The average molecular weight is 1660 g/mol. The summed E-state index contributed by atoms with van der Waals surface area (Å²) in [5.41, 5.74) is 0. The number of rotatable bonds is 74. The van der Waals surface area contributed by atoms with Crippen molar-refractivity contribution in [3.8, 4) is 0 Å². The van der Waals surface area contributed by atoms with Crippen molar-refractivity contribution in [3.05, 3.63) is 0 Å². The monoisotopic (exact) mass is 1660 g/mol. The van der Waals surface area contributed by atoms with Crippen LogP contribution in [0.25, 0.3) is 0 Å². The molecule has 4 aliphatic rings. The van der Waals surface area contributed by atoms with E-state index in [4.69, 9.17) is 65.9 Å². The molecule has 4 heterocycles. The molecule has 0 radical (unpaired) electrons. The van der Waals surface area contributed by atoms with Crippen LogP contribution in [0, 0.1) is 0 Å². The Morgan fingerprint density at radius 3 is 0.785 bits per heavy atom. The highest BCUT2D eigenvalue weighted by Gasteiger charge is 2.69. The fourth-order valence-electron chi connectivity index (χ4n) is 17.1. The third-order valence-electron chi connectivity index (χ3n) is 23.7. The van der Waals surface area contributed by atoms with E-state index in [9.17, 15) is 14.7 Å². The molecule has 12 unspecified atom stereocenters. The van der Waals surface area contributed by atoms with E-state index in [1.165, 1.54) is 334 Å². The van der Waals surface area contributed by atoms with Crippen molar-refractivity contribution in [1.29, 1.82) is 0 Å².